The smallest absolute Gasteiger partial charge is 0.261 e. The number of carbonyl (C=O) groups is 1. The SMILES string of the molecule is O=C(c1ccc(F)c(F)c1F)N1CCC[C@H](n2cnc3ccccc3c2=O)C1. The Kier molecular flexibility index (Phi) is 4.62. The third kappa shape index (κ3) is 3.04. The fourth-order valence-electron chi connectivity index (χ4n) is 3.57. The van der Waals surface area contributed by atoms with Crippen LogP contribution in [0.15, 0.2) is 47.5 Å². The summed E-state index contributed by atoms with van der Waals surface area (Å²) in [5, 5.41) is 0.472. The van der Waals surface area contributed by atoms with Crippen molar-refractivity contribution in [3.63, 3.8) is 0 Å². The van der Waals surface area contributed by atoms with E-state index in [9.17, 15) is 22.8 Å². The highest BCUT2D eigenvalue weighted by Crippen LogP contribution is 2.24. The number of piperidine rings is 1. The van der Waals surface area contributed by atoms with Crippen LogP contribution in [0.3, 0.4) is 0 Å². The zero-order chi connectivity index (χ0) is 19.8. The minimum absolute atomic E-state index is 0.150. The second kappa shape index (κ2) is 7.10. The number of rotatable bonds is 2. The van der Waals surface area contributed by atoms with Gasteiger partial charge in [0.1, 0.15) is 0 Å². The second-order valence-electron chi connectivity index (χ2n) is 6.74. The summed E-state index contributed by atoms with van der Waals surface area (Å²) in [6, 6.07) is 8.28. The molecule has 0 N–H and O–H groups in total. The van der Waals surface area contributed by atoms with Gasteiger partial charge in [-0.1, -0.05) is 12.1 Å². The van der Waals surface area contributed by atoms with E-state index in [-0.39, 0.29) is 18.1 Å². The predicted octanol–water partition coefficient (Wildman–Crippen LogP) is 3.29. The molecular weight excluding hydrogens is 371 g/mol. The number of carbonyl (C=O) groups excluding carboxylic acids is 1. The summed E-state index contributed by atoms with van der Waals surface area (Å²) >= 11 is 0. The highest BCUT2D eigenvalue weighted by Gasteiger charge is 2.29. The molecule has 0 saturated carbocycles. The number of amides is 1. The average Bonchev–Trinajstić information content (AvgIpc) is 2.72. The van der Waals surface area contributed by atoms with E-state index < -0.39 is 28.9 Å². The molecule has 1 atom stereocenters. The lowest BCUT2D eigenvalue weighted by atomic mass is 10.0. The lowest BCUT2D eigenvalue weighted by Gasteiger charge is -2.33. The molecule has 0 bridgehead atoms. The quantitative estimate of drug-likeness (QED) is 0.634. The third-order valence-corrected chi connectivity index (χ3v) is 5.03. The first-order valence-electron chi connectivity index (χ1n) is 8.86. The maximum absolute atomic E-state index is 14.0. The Labute approximate surface area is 158 Å². The number of likely N-dealkylation sites (tertiary alicyclic amines) is 1. The van der Waals surface area contributed by atoms with Crippen molar-refractivity contribution in [3.8, 4) is 0 Å². The summed E-state index contributed by atoms with van der Waals surface area (Å²) < 4.78 is 42.1. The molecule has 28 heavy (non-hydrogen) atoms. The van der Waals surface area contributed by atoms with Gasteiger partial charge in [-0.05, 0) is 37.1 Å². The summed E-state index contributed by atoms with van der Waals surface area (Å²) in [6.45, 7) is 0.487. The lowest BCUT2D eigenvalue weighted by molar-refractivity contribution is 0.0671. The molecule has 1 aromatic heterocycles. The summed E-state index contributed by atoms with van der Waals surface area (Å²) in [6.07, 6.45) is 2.67. The average molecular weight is 387 g/mol. The van der Waals surface area contributed by atoms with Crippen molar-refractivity contribution in [3.05, 3.63) is 76.1 Å². The lowest BCUT2D eigenvalue weighted by Crippen LogP contribution is -2.43. The maximum Gasteiger partial charge on any atom is 0.261 e. The van der Waals surface area contributed by atoms with Crippen LogP contribution in [0.1, 0.15) is 29.2 Å². The van der Waals surface area contributed by atoms with E-state index in [2.05, 4.69) is 4.98 Å². The van der Waals surface area contributed by atoms with Crippen molar-refractivity contribution in [1.29, 1.82) is 0 Å². The summed E-state index contributed by atoms with van der Waals surface area (Å²) in [4.78, 5) is 31.1. The molecule has 144 valence electrons. The van der Waals surface area contributed by atoms with Gasteiger partial charge in [-0.2, -0.15) is 0 Å². The Bertz CT molecular complexity index is 1130. The fraction of sp³-hybridized carbons (Fsp3) is 0.250. The van der Waals surface area contributed by atoms with E-state index in [0.717, 1.165) is 12.1 Å². The van der Waals surface area contributed by atoms with Crippen LogP contribution in [0.5, 0.6) is 0 Å². The highest BCUT2D eigenvalue weighted by molar-refractivity contribution is 5.94. The van der Waals surface area contributed by atoms with Crippen molar-refractivity contribution >= 4 is 16.8 Å². The van der Waals surface area contributed by atoms with Crippen molar-refractivity contribution in [1.82, 2.24) is 14.5 Å². The molecule has 3 aromatic rings. The van der Waals surface area contributed by atoms with Crippen LogP contribution in [0.2, 0.25) is 0 Å². The van der Waals surface area contributed by atoms with Crippen LogP contribution in [0.4, 0.5) is 13.2 Å². The van der Waals surface area contributed by atoms with Crippen molar-refractivity contribution < 1.29 is 18.0 Å². The predicted molar refractivity (Wildman–Crippen MR) is 96.5 cm³/mol. The number of hydrogen-bond donors (Lipinski definition) is 0. The van der Waals surface area contributed by atoms with Crippen LogP contribution >= 0.6 is 0 Å². The Morgan fingerprint density at radius 1 is 1.07 bits per heavy atom. The molecule has 0 unspecified atom stereocenters. The standard InChI is InChI=1S/C20H16F3N3O2/c21-15-8-7-14(17(22)18(15)23)19(27)25-9-3-4-12(10-25)26-11-24-16-6-2-1-5-13(16)20(26)28/h1-2,5-8,11-12H,3-4,9-10H2/t12-/m0/s1. The van der Waals surface area contributed by atoms with Crippen LogP contribution in [-0.4, -0.2) is 33.4 Å². The van der Waals surface area contributed by atoms with E-state index in [1.54, 1.807) is 24.3 Å². The second-order valence-corrected chi connectivity index (χ2v) is 6.74. The van der Waals surface area contributed by atoms with E-state index >= 15 is 0 Å². The molecule has 0 radical (unpaired) electrons. The first-order valence-corrected chi connectivity index (χ1v) is 8.86. The van der Waals surface area contributed by atoms with Crippen molar-refractivity contribution in [2.75, 3.05) is 13.1 Å². The number of halogens is 3. The third-order valence-electron chi connectivity index (χ3n) is 5.03. The van der Waals surface area contributed by atoms with Gasteiger partial charge < -0.3 is 4.90 Å². The van der Waals surface area contributed by atoms with E-state index in [1.165, 1.54) is 15.8 Å². The number of para-hydroxylation sites is 1. The number of hydrogen-bond acceptors (Lipinski definition) is 3. The Morgan fingerprint density at radius 3 is 2.68 bits per heavy atom. The molecule has 5 nitrogen and oxygen atoms in total. The minimum atomic E-state index is -1.67. The van der Waals surface area contributed by atoms with Gasteiger partial charge in [-0.3, -0.25) is 14.2 Å². The molecule has 1 fully saturated rings. The van der Waals surface area contributed by atoms with Crippen molar-refractivity contribution in [2.45, 2.75) is 18.9 Å². The van der Waals surface area contributed by atoms with Gasteiger partial charge in [-0.25, -0.2) is 18.2 Å². The number of fused-ring (bicyclic) bond motifs is 1. The summed E-state index contributed by atoms with van der Waals surface area (Å²) in [7, 11) is 0. The number of benzene rings is 2. The molecule has 1 saturated heterocycles. The number of nitrogens with zero attached hydrogens (tertiary/aromatic N) is 3. The van der Waals surface area contributed by atoms with E-state index in [1.807, 2.05) is 0 Å². The molecule has 1 aliphatic heterocycles. The van der Waals surface area contributed by atoms with Crippen LogP contribution < -0.4 is 5.56 Å². The fourth-order valence-corrected chi connectivity index (χ4v) is 3.57. The van der Waals surface area contributed by atoms with E-state index in [4.69, 9.17) is 0 Å². The molecule has 8 heteroatoms. The molecular formula is C20H16F3N3O2. The molecule has 0 aliphatic carbocycles. The topological polar surface area (TPSA) is 55.2 Å². The normalized spacial score (nSPS) is 17.1. The zero-order valence-electron chi connectivity index (χ0n) is 14.7. The van der Waals surface area contributed by atoms with E-state index in [0.29, 0.717) is 30.3 Å². The first kappa shape index (κ1) is 18.2. The van der Waals surface area contributed by atoms with Crippen molar-refractivity contribution in [2.24, 2.45) is 0 Å². The molecule has 1 aliphatic rings. The monoisotopic (exact) mass is 387 g/mol. The molecule has 1 amide bonds. The van der Waals surface area contributed by atoms with Gasteiger partial charge in [0.05, 0.1) is 28.8 Å². The number of aromatic nitrogens is 2. The van der Waals surface area contributed by atoms with Gasteiger partial charge >= 0.3 is 0 Å². The van der Waals surface area contributed by atoms with Gasteiger partial charge in [0, 0.05) is 13.1 Å². The van der Waals surface area contributed by atoms with Crippen LogP contribution in [0.25, 0.3) is 10.9 Å². The zero-order valence-corrected chi connectivity index (χ0v) is 14.7. The Balaban J connectivity index is 1.64. The van der Waals surface area contributed by atoms with Gasteiger partial charge in [0.25, 0.3) is 11.5 Å². The first-order chi connectivity index (χ1) is 13.5. The Morgan fingerprint density at radius 2 is 1.86 bits per heavy atom. The van der Waals surface area contributed by atoms with Gasteiger partial charge in [0.15, 0.2) is 17.5 Å². The Hall–Kier alpha value is -3.16. The largest absolute Gasteiger partial charge is 0.336 e. The van der Waals surface area contributed by atoms with Crippen LogP contribution in [-0.2, 0) is 0 Å². The van der Waals surface area contributed by atoms with Gasteiger partial charge in [0.2, 0.25) is 0 Å². The molecule has 2 aromatic carbocycles. The maximum atomic E-state index is 14.0. The highest BCUT2D eigenvalue weighted by atomic mass is 19.2. The minimum Gasteiger partial charge on any atom is -0.336 e. The van der Waals surface area contributed by atoms with Gasteiger partial charge in [-0.15, -0.1) is 0 Å². The van der Waals surface area contributed by atoms with Crippen LogP contribution in [0, 0.1) is 17.5 Å². The molecule has 0 spiro atoms. The summed E-state index contributed by atoms with van der Waals surface area (Å²) in [5.41, 5.74) is -0.163. The summed E-state index contributed by atoms with van der Waals surface area (Å²) in [5.74, 6) is -5.26. The molecule has 2 heterocycles. The molecule has 4 rings (SSSR count).